The molecule has 1 amide bonds. The summed E-state index contributed by atoms with van der Waals surface area (Å²) >= 11 is 3.26. The van der Waals surface area contributed by atoms with Gasteiger partial charge in [-0.25, -0.2) is 0 Å². The highest BCUT2D eigenvalue weighted by Crippen LogP contribution is 2.26. The van der Waals surface area contributed by atoms with E-state index in [0.717, 1.165) is 23.6 Å². The van der Waals surface area contributed by atoms with Crippen molar-refractivity contribution in [1.82, 2.24) is 19.0 Å². The Balaban J connectivity index is 1.26. The highest BCUT2D eigenvalue weighted by atomic mass is 32.2. The van der Waals surface area contributed by atoms with Gasteiger partial charge in [0.2, 0.25) is 0 Å². The van der Waals surface area contributed by atoms with Gasteiger partial charge in [0.25, 0.3) is 5.91 Å². The lowest BCUT2D eigenvalue weighted by molar-refractivity contribution is 0.0928. The molecule has 0 spiro atoms. The summed E-state index contributed by atoms with van der Waals surface area (Å²) in [6.07, 6.45) is 3.73. The number of amides is 1. The van der Waals surface area contributed by atoms with Crippen LogP contribution in [0.25, 0.3) is 11.0 Å². The van der Waals surface area contributed by atoms with E-state index in [9.17, 15) is 4.79 Å². The number of carbonyl (C=O) groups is 1. The number of hydrogen-bond acceptors (Lipinski definition) is 6. The van der Waals surface area contributed by atoms with Crippen LogP contribution >= 0.6 is 23.5 Å². The Bertz CT molecular complexity index is 705. The van der Waals surface area contributed by atoms with Crippen LogP contribution in [0.3, 0.4) is 0 Å². The second-order valence-electron chi connectivity index (χ2n) is 6.67. The van der Waals surface area contributed by atoms with Crippen molar-refractivity contribution in [2.45, 2.75) is 25.3 Å². The van der Waals surface area contributed by atoms with Gasteiger partial charge in [-0.1, -0.05) is 0 Å². The summed E-state index contributed by atoms with van der Waals surface area (Å²) in [7, 11) is 0. The van der Waals surface area contributed by atoms with Crippen LogP contribution in [0.4, 0.5) is 0 Å². The maximum atomic E-state index is 12.4. The van der Waals surface area contributed by atoms with Gasteiger partial charge in [-0.2, -0.15) is 20.5 Å². The number of nitrogens with zero attached hydrogens (tertiary/aromatic N) is 3. The molecule has 0 aliphatic carbocycles. The third kappa shape index (κ3) is 3.58. The summed E-state index contributed by atoms with van der Waals surface area (Å²) in [5.74, 6) is 3.22. The molecule has 24 heavy (non-hydrogen) atoms. The Morgan fingerprint density at radius 3 is 2.83 bits per heavy atom. The van der Waals surface area contributed by atoms with Crippen molar-refractivity contribution in [2.75, 3.05) is 31.1 Å². The van der Waals surface area contributed by atoms with E-state index >= 15 is 0 Å². The van der Waals surface area contributed by atoms with Crippen molar-refractivity contribution in [3.05, 3.63) is 23.8 Å². The van der Waals surface area contributed by atoms with Gasteiger partial charge in [0.15, 0.2) is 0 Å². The fourth-order valence-corrected chi connectivity index (χ4v) is 5.37. The van der Waals surface area contributed by atoms with E-state index in [-0.39, 0.29) is 5.91 Å². The molecule has 1 aromatic heterocycles. The Morgan fingerprint density at radius 1 is 1.21 bits per heavy atom. The molecule has 0 unspecified atom stereocenters. The van der Waals surface area contributed by atoms with Crippen LogP contribution in [0.2, 0.25) is 0 Å². The van der Waals surface area contributed by atoms with E-state index in [0.29, 0.717) is 11.5 Å². The number of likely N-dealkylation sites (tertiary alicyclic amines) is 1. The first kappa shape index (κ1) is 16.3. The predicted octanol–water partition coefficient (Wildman–Crippen LogP) is 2.64. The Labute approximate surface area is 150 Å². The van der Waals surface area contributed by atoms with Gasteiger partial charge in [-0.05, 0) is 62.2 Å². The number of nitrogens with one attached hydrogen (secondary N) is 1. The third-order valence-electron chi connectivity index (χ3n) is 5.14. The number of fused-ring (bicyclic) bond motifs is 1. The highest BCUT2D eigenvalue weighted by molar-refractivity contribution is 7.99. The second kappa shape index (κ2) is 7.37. The standard InChI is InChI=1S/C17H22N4OS2/c22-17(13-1-2-15-16(9-13)20-24-19-15)18-10-12-3-6-21(7-4-12)14-5-8-23-11-14/h1-2,9,12,14H,3-8,10-11H2,(H,18,22)/t14-/m0/s1. The maximum Gasteiger partial charge on any atom is 0.251 e. The first-order valence-electron chi connectivity index (χ1n) is 8.62. The molecule has 3 heterocycles. The molecule has 7 heteroatoms. The minimum Gasteiger partial charge on any atom is -0.352 e. The number of hydrogen-bond donors (Lipinski definition) is 1. The molecule has 0 bridgehead atoms. The number of benzene rings is 1. The quantitative estimate of drug-likeness (QED) is 0.906. The SMILES string of the molecule is O=C(NCC1CCN([C@H]2CCSC2)CC1)c1ccc2nsnc2c1. The molecule has 2 saturated heterocycles. The molecule has 0 radical (unpaired) electrons. The van der Waals surface area contributed by atoms with Crippen molar-refractivity contribution >= 4 is 40.4 Å². The Kier molecular flexibility index (Phi) is 5.01. The van der Waals surface area contributed by atoms with Crippen molar-refractivity contribution in [3.63, 3.8) is 0 Å². The number of thioether (sulfide) groups is 1. The van der Waals surface area contributed by atoms with E-state index < -0.39 is 0 Å². The first-order chi connectivity index (χ1) is 11.8. The zero-order valence-corrected chi connectivity index (χ0v) is 15.2. The summed E-state index contributed by atoms with van der Waals surface area (Å²) in [4.78, 5) is 15.0. The number of aromatic nitrogens is 2. The fraction of sp³-hybridized carbons (Fsp3) is 0.588. The van der Waals surface area contributed by atoms with Crippen LogP contribution in [0.15, 0.2) is 18.2 Å². The first-order valence-corrected chi connectivity index (χ1v) is 10.5. The summed E-state index contributed by atoms with van der Waals surface area (Å²) in [6, 6.07) is 6.32. The fourth-order valence-electron chi connectivity index (χ4n) is 3.59. The van der Waals surface area contributed by atoms with Gasteiger partial charge in [-0.3, -0.25) is 9.69 Å². The lowest BCUT2D eigenvalue weighted by Crippen LogP contribution is -2.43. The van der Waals surface area contributed by atoms with Crippen LogP contribution in [0.5, 0.6) is 0 Å². The molecule has 2 aliphatic heterocycles. The topological polar surface area (TPSA) is 58.1 Å². The zero-order valence-electron chi connectivity index (χ0n) is 13.6. The minimum absolute atomic E-state index is 0.000442. The highest BCUT2D eigenvalue weighted by Gasteiger charge is 2.27. The maximum absolute atomic E-state index is 12.4. The molecular weight excluding hydrogens is 340 g/mol. The van der Waals surface area contributed by atoms with Gasteiger partial charge in [0.1, 0.15) is 11.0 Å². The van der Waals surface area contributed by atoms with E-state index in [1.165, 1.54) is 55.6 Å². The second-order valence-corrected chi connectivity index (χ2v) is 8.35. The molecule has 128 valence electrons. The zero-order chi connectivity index (χ0) is 16.4. The van der Waals surface area contributed by atoms with Gasteiger partial charge < -0.3 is 5.32 Å². The van der Waals surface area contributed by atoms with Crippen LogP contribution in [-0.2, 0) is 0 Å². The minimum atomic E-state index is -0.000442. The van der Waals surface area contributed by atoms with Crippen LogP contribution < -0.4 is 5.32 Å². The molecule has 1 aromatic carbocycles. The normalized spacial score (nSPS) is 22.9. The smallest absolute Gasteiger partial charge is 0.251 e. The number of rotatable bonds is 4. The number of carbonyl (C=O) groups excluding carboxylic acids is 1. The summed E-state index contributed by atoms with van der Waals surface area (Å²) in [5.41, 5.74) is 2.33. The lowest BCUT2D eigenvalue weighted by Gasteiger charge is -2.35. The molecule has 0 saturated carbocycles. The van der Waals surface area contributed by atoms with E-state index in [1.807, 2.05) is 18.2 Å². The van der Waals surface area contributed by atoms with Gasteiger partial charge >= 0.3 is 0 Å². The van der Waals surface area contributed by atoms with Crippen LogP contribution in [0.1, 0.15) is 29.6 Å². The monoisotopic (exact) mass is 362 g/mol. The molecule has 5 nitrogen and oxygen atoms in total. The van der Waals surface area contributed by atoms with E-state index in [2.05, 4.69) is 30.7 Å². The third-order valence-corrected chi connectivity index (χ3v) is 6.84. The van der Waals surface area contributed by atoms with Crippen molar-refractivity contribution < 1.29 is 4.79 Å². The molecule has 2 fully saturated rings. The number of piperidine rings is 1. The van der Waals surface area contributed by atoms with Gasteiger partial charge in [0.05, 0.1) is 11.7 Å². The summed E-state index contributed by atoms with van der Waals surface area (Å²) in [5, 5.41) is 3.10. The summed E-state index contributed by atoms with van der Waals surface area (Å²) < 4.78 is 8.37. The van der Waals surface area contributed by atoms with Crippen LogP contribution in [0, 0.1) is 5.92 Å². The summed E-state index contributed by atoms with van der Waals surface area (Å²) in [6.45, 7) is 3.14. The Morgan fingerprint density at radius 2 is 2.04 bits per heavy atom. The molecule has 2 aliphatic rings. The predicted molar refractivity (Wildman–Crippen MR) is 99.8 cm³/mol. The average molecular weight is 363 g/mol. The largest absolute Gasteiger partial charge is 0.352 e. The van der Waals surface area contributed by atoms with Crippen LogP contribution in [-0.4, -0.2) is 56.7 Å². The van der Waals surface area contributed by atoms with Gasteiger partial charge in [0, 0.05) is 23.9 Å². The van der Waals surface area contributed by atoms with Gasteiger partial charge in [-0.15, -0.1) is 0 Å². The Hall–Kier alpha value is -1.18. The van der Waals surface area contributed by atoms with E-state index in [1.54, 1.807) is 0 Å². The average Bonchev–Trinajstić information content (AvgIpc) is 3.30. The van der Waals surface area contributed by atoms with E-state index in [4.69, 9.17) is 0 Å². The molecule has 1 N–H and O–H groups in total. The molecular formula is C17H22N4OS2. The lowest BCUT2D eigenvalue weighted by atomic mass is 9.95. The van der Waals surface area contributed by atoms with Crippen molar-refractivity contribution in [1.29, 1.82) is 0 Å². The molecule has 2 aromatic rings. The molecule has 4 rings (SSSR count). The van der Waals surface area contributed by atoms with Crippen molar-refractivity contribution in [3.8, 4) is 0 Å². The van der Waals surface area contributed by atoms with Crippen molar-refractivity contribution in [2.24, 2.45) is 5.92 Å². The molecule has 1 atom stereocenters.